The van der Waals surface area contributed by atoms with Gasteiger partial charge in [0.15, 0.2) is 6.29 Å². The van der Waals surface area contributed by atoms with Crippen molar-refractivity contribution in [2.75, 3.05) is 5.33 Å². The highest BCUT2D eigenvalue weighted by molar-refractivity contribution is 9.09. The fourth-order valence-corrected chi connectivity index (χ4v) is 1.86. The topological polar surface area (TPSA) is 57.5 Å². The van der Waals surface area contributed by atoms with Gasteiger partial charge >= 0.3 is 0 Å². The molecule has 2 atom stereocenters. The van der Waals surface area contributed by atoms with Gasteiger partial charge in [-0.15, -0.1) is 0 Å². The van der Waals surface area contributed by atoms with Crippen molar-refractivity contribution in [3.8, 4) is 0 Å². The molecule has 0 aliphatic heterocycles. The Balaban J connectivity index is 2.98. The Morgan fingerprint density at radius 1 is 1.44 bits per heavy atom. The first kappa shape index (κ1) is 13.3. The van der Waals surface area contributed by atoms with E-state index >= 15 is 0 Å². The van der Waals surface area contributed by atoms with Gasteiger partial charge in [0.05, 0.1) is 6.10 Å². The highest BCUT2D eigenvalue weighted by Crippen LogP contribution is 2.23. The summed E-state index contributed by atoms with van der Waals surface area (Å²) in [5, 5.41) is 19.9. The standard InChI is InChI=1S/C11H12BrFO3/c12-4-3-10(15)11(16)9-2-1-8(13)5-7(9)6-14/h1-2,5-6,10-11,15-16H,3-4H2. The first-order chi connectivity index (χ1) is 7.60. The lowest BCUT2D eigenvalue weighted by Crippen LogP contribution is -2.20. The number of carbonyl (C=O) groups is 1. The largest absolute Gasteiger partial charge is 0.390 e. The molecule has 0 amide bonds. The SMILES string of the molecule is O=Cc1cc(F)ccc1C(O)C(O)CCBr. The van der Waals surface area contributed by atoms with Crippen LogP contribution in [0.5, 0.6) is 0 Å². The molecule has 0 radical (unpaired) electrons. The quantitative estimate of drug-likeness (QED) is 0.642. The van der Waals surface area contributed by atoms with Crippen LogP contribution in [0.3, 0.4) is 0 Å². The maximum Gasteiger partial charge on any atom is 0.150 e. The maximum absolute atomic E-state index is 12.8. The third-order valence-corrected chi connectivity index (χ3v) is 2.72. The van der Waals surface area contributed by atoms with Gasteiger partial charge in [-0.05, 0) is 24.1 Å². The molecule has 0 spiro atoms. The summed E-state index contributed by atoms with van der Waals surface area (Å²) in [6, 6.07) is 3.49. The van der Waals surface area contributed by atoms with Gasteiger partial charge < -0.3 is 10.2 Å². The van der Waals surface area contributed by atoms with Crippen LogP contribution in [0.15, 0.2) is 18.2 Å². The van der Waals surface area contributed by atoms with Crippen LogP contribution in [0.4, 0.5) is 4.39 Å². The van der Waals surface area contributed by atoms with E-state index in [1.807, 2.05) is 0 Å². The molecule has 2 unspecified atom stereocenters. The van der Waals surface area contributed by atoms with Gasteiger partial charge in [0.1, 0.15) is 11.9 Å². The van der Waals surface area contributed by atoms with E-state index in [9.17, 15) is 19.4 Å². The summed E-state index contributed by atoms with van der Waals surface area (Å²) >= 11 is 3.14. The zero-order valence-electron chi connectivity index (χ0n) is 8.44. The molecule has 1 aromatic rings. The monoisotopic (exact) mass is 290 g/mol. The first-order valence-electron chi connectivity index (χ1n) is 4.77. The van der Waals surface area contributed by atoms with Crippen molar-refractivity contribution < 1.29 is 19.4 Å². The van der Waals surface area contributed by atoms with Crippen LogP contribution in [0.1, 0.15) is 28.4 Å². The van der Waals surface area contributed by atoms with Gasteiger partial charge in [-0.1, -0.05) is 22.0 Å². The molecule has 0 bridgehead atoms. The average Bonchev–Trinajstić information content (AvgIpc) is 2.28. The Bertz CT molecular complexity index is 370. The predicted molar refractivity (Wildman–Crippen MR) is 61.2 cm³/mol. The zero-order chi connectivity index (χ0) is 12.1. The molecule has 16 heavy (non-hydrogen) atoms. The van der Waals surface area contributed by atoms with Gasteiger partial charge in [-0.25, -0.2) is 4.39 Å². The summed E-state index contributed by atoms with van der Waals surface area (Å²) < 4.78 is 12.8. The van der Waals surface area contributed by atoms with E-state index in [0.29, 0.717) is 18.0 Å². The summed E-state index contributed by atoms with van der Waals surface area (Å²) in [5.74, 6) is -0.548. The minimum atomic E-state index is -1.18. The van der Waals surface area contributed by atoms with E-state index in [1.54, 1.807) is 0 Å². The van der Waals surface area contributed by atoms with Gasteiger partial charge in [0.25, 0.3) is 0 Å². The second-order valence-corrected chi connectivity index (χ2v) is 4.17. The molecular formula is C11H12BrFO3. The van der Waals surface area contributed by atoms with Crippen LogP contribution >= 0.6 is 15.9 Å². The number of rotatable bonds is 5. The molecule has 5 heteroatoms. The molecule has 0 aliphatic carbocycles. The Kier molecular flexibility index (Phi) is 5.05. The van der Waals surface area contributed by atoms with Crippen molar-refractivity contribution in [1.82, 2.24) is 0 Å². The summed E-state index contributed by atoms with van der Waals surface area (Å²) in [6.45, 7) is 0. The number of aldehydes is 1. The molecule has 1 rings (SSSR count). The Hall–Kier alpha value is -0.780. The molecule has 2 N–H and O–H groups in total. The van der Waals surface area contributed by atoms with Crippen molar-refractivity contribution in [2.45, 2.75) is 18.6 Å². The third-order valence-electron chi connectivity index (χ3n) is 2.26. The number of halogens is 2. The Morgan fingerprint density at radius 2 is 2.12 bits per heavy atom. The number of aliphatic hydroxyl groups excluding tert-OH is 2. The van der Waals surface area contributed by atoms with E-state index in [2.05, 4.69) is 15.9 Å². The number of carbonyl (C=O) groups excluding carboxylic acids is 1. The van der Waals surface area contributed by atoms with E-state index < -0.39 is 18.0 Å². The summed E-state index contributed by atoms with van der Waals surface area (Å²) in [6.07, 6.45) is -1.36. The van der Waals surface area contributed by atoms with E-state index in [-0.39, 0.29) is 11.1 Å². The fourth-order valence-electron chi connectivity index (χ4n) is 1.39. The first-order valence-corrected chi connectivity index (χ1v) is 5.89. The number of alkyl halides is 1. The number of aliphatic hydroxyl groups is 2. The van der Waals surface area contributed by atoms with E-state index in [0.717, 1.165) is 12.1 Å². The molecule has 0 saturated carbocycles. The minimum Gasteiger partial charge on any atom is -0.390 e. The predicted octanol–water partition coefficient (Wildman–Crippen LogP) is 1.82. The highest BCUT2D eigenvalue weighted by Gasteiger charge is 2.20. The summed E-state index contributed by atoms with van der Waals surface area (Å²) in [7, 11) is 0. The average molecular weight is 291 g/mol. The lowest BCUT2D eigenvalue weighted by molar-refractivity contribution is 0.0170. The second-order valence-electron chi connectivity index (χ2n) is 3.38. The van der Waals surface area contributed by atoms with Crippen LogP contribution in [0.25, 0.3) is 0 Å². The van der Waals surface area contributed by atoms with E-state index in [4.69, 9.17) is 0 Å². The Labute approximate surface area is 101 Å². The number of hydrogen-bond acceptors (Lipinski definition) is 3. The van der Waals surface area contributed by atoms with Crippen LogP contribution in [-0.4, -0.2) is 27.9 Å². The fraction of sp³-hybridized carbons (Fsp3) is 0.364. The van der Waals surface area contributed by atoms with Crippen molar-refractivity contribution in [2.24, 2.45) is 0 Å². The van der Waals surface area contributed by atoms with Crippen LogP contribution in [0.2, 0.25) is 0 Å². The van der Waals surface area contributed by atoms with Crippen LogP contribution in [-0.2, 0) is 0 Å². The van der Waals surface area contributed by atoms with Crippen LogP contribution < -0.4 is 0 Å². The van der Waals surface area contributed by atoms with Crippen LogP contribution in [0, 0.1) is 5.82 Å². The normalized spacial score (nSPS) is 14.5. The van der Waals surface area contributed by atoms with Gasteiger partial charge in [-0.2, -0.15) is 0 Å². The smallest absolute Gasteiger partial charge is 0.150 e. The summed E-state index contributed by atoms with van der Waals surface area (Å²) in [4.78, 5) is 10.7. The molecule has 0 heterocycles. The van der Waals surface area contributed by atoms with E-state index in [1.165, 1.54) is 6.07 Å². The number of benzene rings is 1. The second kappa shape index (κ2) is 6.08. The van der Waals surface area contributed by atoms with Crippen molar-refractivity contribution in [3.63, 3.8) is 0 Å². The molecular weight excluding hydrogens is 279 g/mol. The summed E-state index contributed by atoms with van der Waals surface area (Å²) in [5.41, 5.74) is 0.297. The van der Waals surface area contributed by atoms with Gasteiger partial charge in [-0.3, -0.25) is 4.79 Å². The molecule has 0 saturated heterocycles. The number of hydrogen-bond donors (Lipinski definition) is 2. The van der Waals surface area contributed by atoms with Crippen molar-refractivity contribution in [3.05, 3.63) is 35.1 Å². The minimum absolute atomic E-state index is 0.0566. The lowest BCUT2D eigenvalue weighted by Gasteiger charge is -2.18. The van der Waals surface area contributed by atoms with Gasteiger partial charge in [0.2, 0.25) is 0 Å². The Morgan fingerprint density at radius 3 is 2.69 bits per heavy atom. The van der Waals surface area contributed by atoms with Crippen molar-refractivity contribution >= 4 is 22.2 Å². The third kappa shape index (κ3) is 3.10. The highest BCUT2D eigenvalue weighted by atomic mass is 79.9. The molecule has 0 aromatic heterocycles. The molecule has 3 nitrogen and oxygen atoms in total. The van der Waals surface area contributed by atoms with Gasteiger partial charge in [0, 0.05) is 10.9 Å². The zero-order valence-corrected chi connectivity index (χ0v) is 10.0. The van der Waals surface area contributed by atoms with Crippen molar-refractivity contribution in [1.29, 1.82) is 0 Å². The molecule has 1 aromatic carbocycles. The lowest BCUT2D eigenvalue weighted by atomic mass is 9.98. The molecule has 88 valence electrons. The molecule has 0 aliphatic rings. The molecule has 0 fully saturated rings. The maximum atomic E-state index is 12.8.